The number of hydrogen-bond donors (Lipinski definition) is 0. The lowest BCUT2D eigenvalue weighted by molar-refractivity contribution is 0.0920. The monoisotopic (exact) mass is 373 g/mol. The van der Waals surface area contributed by atoms with E-state index in [4.69, 9.17) is 8.37 Å². The van der Waals surface area contributed by atoms with Gasteiger partial charge >= 0.3 is 11.4 Å². The van der Waals surface area contributed by atoms with Crippen molar-refractivity contribution >= 4 is 22.7 Å². The quantitative estimate of drug-likeness (QED) is 0.758. The molecule has 4 nitrogen and oxygen atoms in total. The fourth-order valence-electron chi connectivity index (χ4n) is 4.53. The molecule has 1 saturated heterocycles. The van der Waals surface area contributed by atoms with E-state index < -0.39 is 11.4 Å². The molecule has 1 aliphatic carbocycles. The van der Waals surface area contributed by atoms with Crippen LogP contribution in [0, 0.1) is 5.82 Å². The maximum absolute atomic E-state index is 13.9. The first-order chi connectivity index (χ1) is 12.7. The van der Waals surface area contributed by atoms with Gasteiger partial charge in [0, 0.05) is 11.4 Å². The number of anilines is 2. The van der Waals surface area contributed by atoms with Gasteiger partial charge in [0.25, 0.3) is 0 Å². The van der Waals surface area contributed by atoms with Crippen molar-refractivity contribution in [2.45, 2.75) is 50.4 Å². The van der Waals surface area contributed by atoms with E-state index >= 15 is 0 Å². The first-order valence-corrected chi connectivity index (χ1v) is 10.1. The summed E-state index contributed by atoms with van der Waals surface area (Å²) in [6, 6.07) is 13.4. The van der Waals surface area contributed by atoms with Crippen LogP contribution in [0.15, 0.2) is 42.5 Å². The van der Waals surface area contributed by atoms with Gasteiger partial charge in [-0.2, -0.15) is 4.21 Å². The van der Waals surface area contributed by atoms with Crippen LogP contribution in [0.1, 0.15) is 30.4 Å². The first-order valence-electron chi connectivity index (χ1n) is 9.12. The molecule has 1 saturated carbocycles. The fraction of sp³-hybridized carbons (Fsp3) is 0.400. The third-order valence-corrected chi connectivity index (χ3v) is 6.46. The molecule has 0 aromatic heterocycles. The van der Waals surface area contributed by atoms with E-state index in [-0.39, 0.29) is 24.1 Å². The third kappa shape index (κ3) is 2.68. The number of fused-ring (bicyclic) bond motifs is 3. The van der Waals surface area contributed by atoms with Gasteiger partial charge in [-0.15, -0.1) is 0 Å². The molecular weight excluding hydrogens is 353 g/mol. The number of rotatable bonds is 1. The summed E-state index contributed by atoms with van der Waals surface area (Å²) in [5, 5.41) is 0. The molecule has 2 heterocycles. The predicted molar refractivity (Wildman–Crippen MR) is 97.9 cm³/mol. The highest BCUT2D eigenvalue weighted by molar-refractivity contribution is 7.75. The second kappa shape index (κ2) is 6.44. The number of para-hydroxylation sites is 1. The van der Waals surface area contributed by atoms with Crippen LogP contribution in [0.3, 0.4) is 0 Å². The van der Waals surface area contributed by atoms with E-state index in [1.807, 2.05) is 18.2 Å². The van der Waals surface area contributed by atoms with E-state index in [1.54, 1.807) is 6.07 Å². The zero-order valence-electron chi connectivity index (χ0n) is 14.3. The highest BCUT2D eigenvalue weighted by atomic mass is 32.2. The van der Waals surface area contributed by atoms with Gasteiger partial charge in [-0.3, -0.25) is 8.37 Å². The maximum Gasteiger partial charge on any atom is 0.305 e. The molecule has 6 heteroatoms. The van der Waals surface area contributed by atoms with E-state index in [9.17, 15) is 8.60 Å². The van der Waals surface area contributed by atoms with Crippen LogP contribution in [-0.4, -0.2) is 22.5 Å². The fourth-order valence-corrected chi connectivity index (χ4v) is 5.41. The zero-order valence-corrected chi connectivity index (χ0v) is 15.1. The van der Waals surface area contributed by atoms with Gasteiger partial charge in [0.1, 0.15) is 18.0 Å². The normalized spacial score (nSPS) is 30.3. The van der Waals surface area contributed by atoms with Gasteiger partial charge in [0.2, 0.25) is 0 Å². The van der Waals surface area contributed by atoms with Gasteiger partial charge in [0.15, 0.2) is 0 Å². The molecule has 5 rings (SSSR count). The Balaban J connectivity index is 1.66. The van der Waals surface area contributed by atoms with Crippen molar-refractivity contribution in [2.24, 2.45) is 0 Å². The Labute approximate surface area is 154 Å². The topological polar surface area (TPSA) is 38.8 Å². The smallest absolute Gasteiger partial charge is 0.305 e. The summed E-state index contributed by atoms with van der Waals surface area (Å²) in [5.41, 5.74) is 4.39. The van der Waals surface area contributed by atoms with Crippen LogP contribution < -0.4 is 4.90 Å². The first kappa shape index (κ1) is 16.4. The maximum atomic E-state index is 13.9. The summed E-state index contributed by atoms with van der Waals surface area (Å²) in [6.07, 6.45) is 4.05. The summed E-state index contributed by atoms with van der Waals surface area (Å²) in [5.74, 6) is -0.210. The molecule has 0 unspecified atom stereocenters. The summed E-state index contributed by atoms with van der Waals surface area (Å²) < 4.78 is 36.9. The second-order valence-electron chi connectivity index (χ2n) is 7.17. The molecule has 3 aliphatic rings. The predicted octanol–water partition coefficient (Wildman–Crippen LogP) is 3.98. The molecule has 2 aromatic carbocycles. The largest absolute Gasteiger partial charge is 0.335 e. The summed E-state index contributed by atoms with van der Waals surface area (Å²) in [4.78, 5) is 2.28. The van der Waals surface area contributed by atoms with Gasteiger partial charge in [-0.1, -0.05) is 18.2 Å². The molecule has 26 heavy (non-hydrogen) atoms. The summed E-state index contributed by atoms with van der Waals surface area (Å²) in [6.45, 7) is 0. The molecule has 0 bridgehead atoms. The lowest BCUT2D eigenvalue weighted by Gasteiger charge is -2.41. The SMILES string of the molecule is O=[S@@]1O[C@H]2[C@H](N3c4ccccc4CCc4cc(F)ccc43)CCC[C@H]2O1. The van der Waals surface area contributed by atoms with Gasteiger partial charge in [0.05, 0.1) is 6.04 Å². The minimum absolute atomic E-state index is 0.0173. The average molecular weight is 373 g/mol. The molecule has 2 aliphatic heterocycles. The van der Waals surface area contributed by atoms with Crippen molar-refractivity contribution < 1.29 is 17.0 Å². The third-order valence-electron chi connectivity index (χ3n) is 5.67. The van der Waals surface area contributed by atoms with Crippen LogP contribution in [0.2, 0.25) is 0 Å². The van der Waals surface area contributed by atoms with Crippen LogP contribution in [0.4, 0.5) is 15.8 Å². The Bertz CT molecular complexity index is 874. The molecule has 0 amide bonds. The Kier molecular flexibility index (Phi) is 4.07. The van der Waals surface area contributed by atoms with E-state index in [0.29, 0.717) is 0 Å². The number of benzene rings is 2. The zero-order chi connectivity index (χ0) is 17.7. The van der Waals surface area contributed by atoms with Crippen molar-refractivity contribution in [3.05, 3.63) is 59.4 Å². The average Bonchev–Trinajstić information content (AvgIpc) is 2.95. The molecule has 136 valence electrons. The molecule has 0 radical (unpaired) electrons. The summed E-state index contributed by atoms with van der Waals surface area (Å²) in [7, 11) is 0. The number of hydrogen-bond acceptors (Lipinski definition) is 4. The second-order valence-corrected chi connectivity index (χ2v) is 7.96. The summed E-state index contributed by atoms with van der Waals surface area (Å²) >= 11 is -1.68. The lowest BCUT2D eigenvalue weighted by Crippen LogP contribution is -2.48. The Morgan fingerprint density at radius 3 is 2.73 bits per heavy atom. The lowest BCUT2D eigenvalue weighted by atomic mass is 9.88. The van der Waals surface area contributed by atoms with Crippen molar-refractivity contribution in [1.29, 1.82) is 0 Å². The van der Waals surface area contributed by atoms with Crippen molar-refractivity contribution in [1.82, 2.24) is 0 Å². The standard InChI is InChI=1S/C20H20FNO3S/c21-15-10-11-17-14(12-15)9-8-13-4-1-2-5-16(13)22(17)18-6-3-7-19-20(18)25-26(23)24-19/h1-2,4-5,10-12,18-20H,3,6-9H2/t18-,19-,20+,26+/m1/s1. The van der Waals surface area contributed by atoms with E-state index in [1.165, 1.54) is 11.6 Å². The molecule has 0 spiro atoms. The van der Waals surface area contributed by atoms with Gasteiger partial charge < -0.3 is 4.90 Å². The van der Waals surface area contributed by atoms with Crippen LogP contribution >= 0.6 is 0 Å². The molecular formula is C20H20FNO3S. The van der Waals surface area contributed by atoms with Gasteiger partial charge in [-0.25, -0.2) is 4.39 Å². The van der Waals surface area contributed by atoms with Crippen molar-refractivity contribution in [3.8, 4) is 0 Å². The highest BCUT2D eigenvalue weighted by Gasteiger charge is 2.46. The Morgan fingerprint density at radius 1 is 1.00 bits per heavy atom. The molecule has 2 fully saturated rings. The molecule has 4 atom stereocenters. The molecule has 0 N–H and O–H groups in total. The minimum Gasteiger partial charge on any atom is -0.335 e. The number of aryl methyl sites for hydroxylation is 2. The van der Waals surface area contributed by atoms with Gasteiger partial charge in [-0.05, 0) is 67.5 Å². The molecule has 2 aromatic rings. The highest BCUT2D eigenvalue weighted by Crippen LogP contribution is 2.43. The van der Waals surface area contributed by atoms with E-state index in [0.717, 1.165) is 49.0 Å². The van der Waals surface area contributed by atoms with Crippen molar-refractivity contribution in [3.63, 3.8) is 0 Å². The Morgan fingerprint density at radius 2 is 1.81 bits per heavy atom. The van der Waals surface area contributed by atoms with Crippen molar-refractivity contribution in [2.75, 3.05) is 4.90 Å². The van der Waals surface area contributed by atoms with Crippen LogP contribution in [-0.2, 0) is 32.6 Å². The minimum atomic E-state index is -1.68. The Hall–Kier alpha value is -1.76. The van der Waals surface area contributed by atoms with Crippen LogP contribution in [0.25, 0.3) is 0 Å². The number of nitrogens with zero attached hydrogens (tertiary/aromatic N) is 1. The van der Waals surface area contributed by atoms with Crippen LogP contribution in [0.5, 0.6) is 0 Å². The number of halogens is 1. The van der Waals surface area contributed by atoms with E-state index in [2.05, 4.69) is 17.0 Å².